The molecule has 34 heavy (non-hydrogen) atoms. The van der Waals surface area contributed by atoms with E-state index >= 15 is 0 Å². The van der Waals surface area contributed by atoms with Gasteiger partial charge in [0.15, 0.2) is 5.82 Å². The summed E-state index contributed by atoms with van der Waals surface area (Å²) in [6.45, 7) is 2.80. The molecule has 0 aliphatic carbocycles. The Morgan fingerprint density at radius 1 is 0.941 bits per heavy atom. The molecule has 1 aliphatic heterocycles. The summed E-state index contributed by atoms with van der Waals surface area (Å²) in [4.78, 5) is 21.7. The molecule has 0 bridgehead atoms. The van der Waals surface area contributed by atoms with Crippen molar-refractivity contribution in [3.05, 3.63) is 96.7 Å². The highest BCUT2D eigenvalue weighted by atomic mass is 16.3. The Morgan fingerprint density at radius 2 is 1.76 bits per heavy atom. The summed E-state index contributed by atoms with van der Waals surface area (Å²) >= 11 is 0. The van der Waals surface area contributed by atoms with E-state index in [0.29, 0.717) is 44.1 Å². The number of carbonyl (C=O) groups excluding carboxylic acids is 1. The molecule has 4 heterocycles. The molecule has 1 amide bonds. The van der Waals surface area contributed by atoms with Gasteiger partial charge >= 0.3 is 0 Å². The molecule has 4 aromatic rings. The number of hydrogen-bond donors (Lipinski definition) is 1. The van der Waals surface area contributed by atoms with Crippen molar-refractivity contribution in [2.75, 3.05) is 26.2 Å². The van der Waals surface area contributed by atoms with Crippen molar-refractivity contribution < 1.29 is 9.90 Å². The fourth-order valence-electron chi connectivity index (χ4n) is 4.42. The van der Waals surface area contributed by atoms with Gasteiger partial charge in [-0.3, -0.25) is 14.4 Å². The van der Waals surface area contributed by atoms with E-state index in [1.165, 1.54) is 5.56 Å². The maximum absolute atomic E-state index is 13.4. The minimum Gasteiger partial charge on any atom is -0.385 e. The molecule has 0 unspecified atom stereocenters. The summed E-state index contributed by atoms with van der Waals surface area (Å²) < 4.78 is 3.36. The van der Waals surface area contributed by atoms with Crippen LogP contribution in [0.3, 0.4) is 0 Å². The molecule has 174 valence electrons. The van der Waals surface area contributed by atoms with Crippen molar-refractivity contribution in [3.8, 4) is 5.82 Å². The zero-order chi connectivity index (χ0) is 23.4. The number of nitrogens with zero attached hydrogens (tertiary/aromatic N) is 7. The van der Waals surface area contributed by atoms with Crippen LogP contribution in [-0.2, 0) is 13.1 Å². The number of pyridine rings is 1. The molecule has 9 nitrogen and oxygen atoms in total. The third kappa shape index (κ3) is 5.05. The normalized spacial score (nSPS) is 19.1. The zero-order valence-electron chi connectivity index (χ0n) is 18.8. The molecule has 1 saturated heterocycles. The summed E-state index contributed by atoms with van der Waals surface area (Å²) in [6, 6.07) is 17.3. The van der Waals surface area contributed by atoms with Crippen LogP contribution in [0.1, 0.15) is 15.9 Å². The molecule has 1 aliphatic rings. The van der Waals surface area contributed by atoms with Gasteiger partial charge in [0.05, 0.1) is 18.7 Å². The molecular weight excluding hydrogens is 430 g/mol. The first-order chi connectivity index (χ1) is 16.6. The van der Waals surface area contributed by atoms with Gasteiger partial charge in [-0.2, -0.15) is 10.2 Å². The number of aromatic nitrogens is 5. The van der Waals surface area contributed by atoms with E-state index < -0.39 is 5.60 Å². The SMILES string of the molecule is O=C(c1ccc(-n2cccn2)nc1)N1CCN(Cc2ccccc2)C[C@](O)(Cn2cccn2)C1. The first-order valence-electron chi connectivity index (χ1n) is 11.3. The van der Waals surface area contributed by atoms with E-state index in [9.17, 15) is 9.90 Å². The number of hydrogen-bond acceptors (Lipinski definition) is 6. The lowest BCUT2D eigenvalue weighted by molar-refractivity contribution is -0.0184. The second-order valence-electron chi connectivity index (χ2n) is 8.71. The summed E-state index contributed by atoms with van der Waals surface area (Å²) in [5, 5.41) is 20.1. The van der Waals surface area contributed by atoms with Crippen LogP contribution in [0.2, 0.25) is 0 Å². The van der Waals surface area contributed by atoms with Gasteiger partial charge in [0.1, 0.15) is 5.60 Å². The van der Waals surface area contributed by atoms with E-state index in [-0.39, 0.29) is 12.5 Å². The van der Waals surface area contributed by atoms with Crippen molar-refractivity contribution >= 4 is 5.91 Å². The number of aliphatic hydroxyl groups is 1. The Hall–Kier alpha value is -3.82. The fourth-order valence-corrected chi connectivity index (χ4v) is 4.42. The zero-order valence-corrected chi connectivity index (χ0v) is 18.8. The first-order valence-corrected chi connectivity index (χ1v) is 11.3. The first kappa shape index (κ1) is 22.0. The van der Waals surface area contributed by atoms with Crippen LogP contribution in [0, 0.1) is 0 Å². The quantitative estimate of drug-likeness (QED) is 0.475. The lowest BCUT2D eigenvalue weighted by Crippen LogP contribution is -2.51. The van der Waals surface area contributed by atoms with Crippen LogP contribution in [0.4, 0.5) is 0 Å². The molecule has 0 radical (unpaired) electrons. The predicted molar refractivity (Wildman–Crippen MR) is 126 cm³/mol. The van der Waals surface area contributed by atoms with Crippen LogP contribution in [0.15, 0.2) is 85.6 Å². The Kier molecular flexibility index (Phi) is 6.20. The number of carbonyl (C=O) groups is 1. The van der Waals surface area contributed by atoms with Gasteiger partial charge in [0.2, 0.25) is 0 Å². The Bertz CT molecular complexity index is 1190. The van der Waals surface area contributed by atoms with Gasteiger partial charge < -0.3 is 10.0 Å². The third-order valence-corrected chi connectivity index (χ3v) is 5.97. The lowest BCUT2D eigenvalue weighted by Gasteiger charge is -2.33. The van der Waals surface area contributed by atoms with E-state index in [1.807, 2.05) is 36.5 Å². The largest absolute Gasteiger partial charge is 0.385 e. The van der Waals surface area contributed by atoms with Gasteiger partial charge in [-0.1, -0.05) is 30.3 Å². The molecular formula is C25H27N7O2. The number of β-amino-alcohol motifs (C(OH)–C–C–N with tert-alkyl or cyclic N) is 1. The van der Waals surface area contributed by atoms with Crippen molar-refractivity contribution in [1.82, 2.24) is 34.3 Å². The number of amides is 1. The maximum atomic E-state index is 13.4. The smallest absolute Gasteiger partial charge is 0.255 e. The van der Waals surface area contributed by atoms with Crippen LogP contribution < -0.4 is 0 Å². The highest BCUT2D eigenvalue weighted by Crippen LogP contribution is 2.21. The van der Waals surface area contributed by atoms with Gasteiger partial charge in [0, 0.05) is 57.2 Å². The molecule has 1 fully saturated rings. The summed E-state index contributed by atoms with van der Waals surface area (Å²) in [5.41, 5.74) is 0.492. The highest BCUT2D eigenvalue weighted by Gasteiger charge is 2.37. The summed E-state index contributed by atoms with van der Waals surface area (Å²) in [7, 11) is 0. The minimum absolute atomic E-state index is 0.153. The summed E-state index contributed by atoms with van der Waals surface area (Å²) in [5.74, 6) is 0.488. The van der Waals surface area contributed by atoms with Crippen molar-refractivity contribution in [1.29, 1.82) is 0 Å². The van der Waals surface area contributed by atoms with Gasteiger partial charge in [-0.25, -0.2) is 9.67 Å². The van der Waals surface area contributed by atoms with Gasteiger partial charge in [-0.05, 0) is 29.8 Å². The standard InChI is InChI=1S/C25H27N7O2/c33-24(22-8-9-23(26-16-22)32-13-5-11-28-32)30-15-14-29(17-21-6-2-1-3-7-21)18-25(34,19-30)20-31-12-4-10-27-31/h1-13,16,34H,14-15,17-20H2/t25-/m1/s1. The Balaban J connectivity index is 1.36. The molecule has 1 atom stereocenters. The predicted octanol–water partition coefficient (Wildman–Crippen LogP) is 1.85. The van der Waals surface area contributed by atoms with Crippen molar-refractivity contribution in [2.45, 2.75) is 18.7 Å². The van der Waals surface area contributed by atoms with Crippen LogP contribution in [0.5, 0.6) is 0 Å². The topological polar surface area (TPSA) is 92.3 Å². The minimum atomic E-state index is -1.16. The van der Waals surface area contributed by atoms with E-state index in [1.54, 1.807) is 51.2 Å². The molecule has 3 aromatic heterocycles. The van der Waals surface area contributed by atoms with E-state index in [0.717, 1.165) is 0 Å². The highest BCUT2D eigenvalue weighted by molar-refractivity contribution is 5.94. The monoisotopic (exact) mass is 457 g/mol. The summed E-state index contributed by atoms with van der Waals surface area (Å²) in [6.07, 6.45) is 8.57. The van der Waals surface area contributed by atoms with Crippen molar-refractivity contribution in [3.63, 3.8) is 0 Å². The third-order valence-electron chi connectivity index (χ3n) is 5.97. The van der Waals surface area contributed by atoms with Crippen molar-refractivity contribution in [2.24, 2.45) is 0 Å². The molecule has 5 rings (SSSR count). The average Bonchev–Trinajstić information content (AvgIpc) is 3.54. The Labute approximate surface area is 197 Å². The van der Waals surface area contributed by atoms with Gasteiger partial charge in [0.25, 0.3) is 5.91 Å². The number of benzene rings is 1. The fraction of sp³-hybridized carbons (Fsp3) is 0.280. The van der Waals surface area contributed by atoms with E-state index in [2.05, 4.69) is 32.2 Å². The van der Waals surface area contributed by atoms with Crippen LogP contribution in [-0.4, -0.2) is 77.1 Å². The number of rotatable bonds is 6. The average molecular weight is 458 g/mol. The van der Waals surface area contributed by atoms with Crippen LogP contribution >= 0.6 is 0 Å². The lowest BCUT2D eigenvalue weighted by atomic mass is 10.0. The second kappa shape index (κ2) is 9.58. The molecule has 9 heteroatoms. The molecule has 1 aromatic carbocycles. The molecule has 1 N–H and O–H groups in total. The molecule has 0 saturated carbocycles. The Morgan fingerprint density at radius 3 is 2.47 bits per heavy atom. The maximum Gasteiger partial charge on any atom is 0.255 e. The van der Waals surface area contributed by atoms with Crippen LogP contribution in [0.25, 0.3) is 5.82 Å². The van der Waals surface area contributed by atoms with Gasteiger partial charge in [-0.15, -0.1) is 0 Å². The molecule has 0 spiro atoms. The van der Waals surface area contributed by atoms with E-state index in [4.69, 9.17) is 0 Å². The second-order valence-corrected chi connectivity index (χ2v) is 8.71.